The fraction of sp³-hybridized carbons (Fsp3) is 0.275. The molecule has 2 fully saturated rings. The molecule has 14 nitrogen and oxygen atoms in total. The standard InChI is InChI=1S/C40H42N6O8S/c1-55(51,52)45-22-20-44(21-23-45)34-24-35(37(47)42-33-18-16-32(17-19-33)39(49)53-26-28-8-4-2-5-9-28)46(25-34)38(48)31-14-12-30(13-15-31)36(41)43-40(50)54-27-29-10-6-3-7-11-29/h2-19,34-35H,20-27H2,1H3,(H,42,47)(H2,41,43,50)/t34-,35?/m0/s1. The van der Waals surface area contributed by atoms with Crippen molar-refractivity contribution < 1.29 is 37.1 Å². The minimum absolute atomic E-state index is 0.0431. The Hall–Kier alpha value is -5.90. The number of esters is 1. The van der Waals surface area contributed by atoms with Crippen molar-refractivity contribution in [1.82, 2.24) is 19.4 Å². The van der Waals surface area contributed by atoms with E-state index in [0.29, 0.717) is 49.4 Å². The Labute approximate surface area is 319 Å². The molecule has 2 heterocycles. The van der Waals surface area contributed by atoms with E-state index in [4.69, 9.17) is 14.9 Å². The first kappa shape index (κ1) is 38.8. The minimum atomic E-state index is -3.34. The Kier molecular flexibility index (Phi) is 12.3. The highest BCUT2D eigenvalue weighted by atomic mass is 32.2. The predicted molar refractivity (Wildman–Crippen MR) is 205 cm³/mol. The molecule has 0 radical (unpaired) electrons. The molecule has 3 N–H and O–H groups in total. The summed E-state index contributed by atoms with van der Waals surface area (Å²) in [7, 11) is -3.34. The van der Waals surface area contributed by atoms with Gasteiger partial charge in [0.2, 0.25) is 15.9 Å². The largest absolute Gasteiger partial charge is 0.457 e. The van der Waals surface area contributed by atoms with Gasteiger partial charge in [-0.25, -0.2) is 18.0 Å². The number of rotatable bonds is 11. The predicted octanol–water partition coefficient (Wildman–Crippen LogP) is 4.09. The van der Waals surface area contributed by atoms with Crippen LogP contribution >= 0.6 is 0 Å². The van der Waals surface area contributed by atoms with Crippen LogP contribution in [0.3, 0.4) is 0 Å². The number of amidine groups is 1. The Morgan fingerprint density at radius 1 is 0.727 bits per heavy atom. The van der Waals surface area contributed by atoms with Gasteiger partial charge in [-0.3, -0.25) is 25.2 Å². The summed E-state index contributed by atoms with van der Waals surface area (Å²) in [6.45, 7) is 1.92. The van der Waals surface area contributed by atoms with Crippen molar-refractivity contribution in [1.29, 1.82) is 5.41 Å². The van der Waals surface area contributed by atoms with Crippen LogP contribution < -0.4 is 10.6 Å². The first-order chi connectivity index (χ1) is 26.4. The molecule has 0 aliphatic carbocycles. The van der Waals surface area contributed by atoms with Gasteiger partial charge in [0.1, 0.15) is 25.1 Å². The highest BCUT2D eigenvalue weighted by molar-refractivity contribution is 7.88. The van der Waals surface area contributed by atoms with Crippen LogP contribution in [0.2, 0.25) is 0 Å². The Morgan fingerprint density at radius 2 is 1.27 bits per heavy atom. The molecule has 0 spiro atoms. The van der Waals surface area contributed by atoms with Gasteiger partial charge in [0.15, 0.2) is 0 Å². The van der Waals surface area contributed by atoms with Gasteiger partial charge in [0.05, 0.1) is 11.8 Å². The number of nitrogens with one attached hydrogen (secondary N) is 3. The van der Waals surface area contributed by atoms with Gasteiger partial charge in [-0.1, -0.05) is 72.8 Å². The molecule has 2 aliphatic rings. The number of anilines is 1. The van der Waals surface area contributed by atoms with Crippen LogP contribution in [0.15, 0.2) is 109 Å². The maximum atomic E-state index is 14.0. The molecule has 0 bridgehead atoms. The smallest absolute Gasteiger partial charge is 0.413 e. The lowest BCUT2D eigenvalue weighted by molar-refractivity contribution is -0.119. The minimum Gasteiger partial charge on any atom is -0.457 e. The molecule has 2 saturated heterocycles. The molecule has 55 heavy (non-hydrogen) atoms. The normalized spacial score (nSPS) is 17.6. The van der Waals surface area contributed by atoms with Crippen LogP contribution in [0.5, 0.6) is 0 Å². The number of ether oxygens (including phenoxy) is 2. The van der Waals surface area contributed by atoms with Crippen molar-refractivity contribution in [3.63, 3.8) is 0 Å². The summed E-state index contributed by atoms with van der Waals surface area (Å²) in [5.74, 6) is -1.53. The summed E-state index contributed by atoms with van der Waals surface area (Å²) in [5, 5.41) is 13.6. The van der Waals surface area contributed by atoms with E-state index < -0.39 is 39.9 Å². The average Bonchev–Trinajstić information content (AvgIpc) is 3.66. The lowest BCUT2D eigenvalue weighted by Crippen LogP contribution is -2.52. The molecule has 4 aromatic carbocycles. The van der Waals surface area contributed by atoms with Gasteiger partial charge in [0, 0.05) is 55.6 Å². The fourth-order valence-corrected chi connectivity index (χ4v) is 7.38. The first-order valence-corrected chi connectivity index (χ1v) is 19.6. The van der Waals surface area contributed by atoms with Crippen molar-refractivity contribution in [2.45, 2.75) is 31.7 Å². The maximum absolute atomic E-state index is 14.0. The monoisotopic (exact) mass is 766 g/mol. The molecular weight excluding hydrogens is 725 g/mol. The zero-order valence-corrected chi connectivity index (χ0v) is 31.0. The highest BCUT2D eigenvalue weighted by Crippen LogP contribution is 2.27. The molecule has 286 valence electrons. The quantitative estimate of drug-likeness (QED) is 0.115. The van der Waals surface area contributed by atoms with Crippen LogP contribution in [-0.4, -0.2) is 103 Å². The lowest BCUT2D eigenvalue weighted by atomic mass is 10.1. The van der Waals surface area contributed by atoms with Crippen molar-refractivity contribution in [2.24, 2.45) is 0 Å². The van der Waals surface area contributed by atoms with Gasteiger partial charge in [-0.15, -0.1) is 0 Å². The van der Waals surface area contributed by atoms with Gasteiger partial charge in [0.25, 0.3) is 5.91 Å². The third kappa shape index (κ3) is 10.2. The second-order valence-corrected chi connectivity index (χ2v) is 15.3. The average molecular weight is 767 g/mol. The van der Waals surface area contributed by atoms with Crippen LogP contribution in [0.1, 0.15) is 43.8 Å². The summed E-state index contributed by atoms with van der Waals surface area (Å²) in [5.41, 5.74) is 3.03. The maximum Gasteiger partial charge on any atom is 0.413 e. The molecule has 0 aromatic heterocycles. The number of hydrogen-bond acceptors (Lipinski definition) is 10. The topological polar surface area (TPSA) is 179 Å². The van der Waals surface area contributed by atoms with E-state index in [1.54, 1.807) is 24.3 Å². The Morgan fingerprint density at radius 3 is 1.85 bits per heavy atom. The summed E-state index contributed by atoms with van der Waals surface area (Å²) in [6.07, 6.45) is 0.707. The number of hydrogen-bond donors (Lipinski definition) is 3. The second kappa shape index (κ2) is 17.5. The first-order valence-electron chi connectivity index (χ1n) is 17.7. The summed E-state index contributed by atoms with van der Waals surface area (Å²) in [6, 6.07) is 29.8. The van der Waals surface area contributed by atoms with E-state index in [9.17, 15) is 27.6 Å². The van der Waals surface area contributed by atoms with Crippen LogP contribution in [0, 0.1) is 5.41 Å². The van der Waals surface area contributed by atoms with Crippen LogP contribution in [0.25, 0.3) is 0 Å². The SMILES string of the molecule is CS(=O)(=O)N1CCN([C@H]2CC(C(=O)Nc3ccc(C(=O)OCc4ccccc4)cc3)N(C(=O)c3ccc(C(=N)NC(=O)OCc4ccccc4)cc3)C2)CC1. The zero-order chi connectivity index (χ0) is 39.0. The van der Waals surface area contributed by atoms with Crippen LogP contribution in [0.4, 0.5) is 10.5 Å². The number of likely N-dealkylation sites (tertiary alicyclic amines) is 1. The van der Waals surface area contributed by atoms with E-state index in [2.05, 4.69) is 15.5 Å². The van der Waals surface area contributed by atoms with Gasteiger partial charge in [-0.05, 0) is 53.9 Å². The highest BCUT2D eigenvalue weighted by Gasteiger charge is 2.43. The third-order valence-corrected chi connectivity index (χ3v) is 10.9. The molecule has 4 aromatic rings. The number of carbonyl (C=O) groups excluding carboxylic acids is 4. The molecule has 6 rings (SSSR count). The Balaban J connectivity index is 1.11. The fourth-order valence-electron chi connectivity index (χ4n) is 6.55. The molecule has 1 unspecified atom stereocenters. The molecule has 2 atom stereocenters. The Bertz CT molecular complexity index is 2110. The van der Waals surface area contributed by atoms with Crippen molar-refractivity contribution in [3.8, 4) is 0 Å². The second-order valence-electron chi connectivity index (χ2n) is 13.3. The van der Waals surface area contributed by atoms with Gasteiger partial charge in [-0.2, -0.15) is 4.31 Å². The van der Waals surface area contributed by atoms with Crippen molar-refractivity contribution in [3.05, 3.63) is 137 Å². The number of carbonyl (C=O) groups is 4. The molecular formula is C40H42N6O8S. The van der Waals surface area contributed by atoms with E-state index in [1.165, 1.54) is 39.7 Å². The van der Waals surface area contributed by atoms with Crippen molar-refractivity contribution in [2.75, 3.05) is 44.3 Å². The summed E-state index contributed by atoms with van der Waals surface area (Å²) in [4.78, 5) is 56.4. The zero-order valence-electron chi connectivity index (χ0n) is 30.2. The number of benzene rings is 4. The number of sulfonamides is 1. The summed E-state index contributed by atoms with van der Waals surface area (Å²) >= 11 is 0. The number of amides is 3. The van der Waals surface area contributed by atoms with Crippen LogP contribution in [-0.2, 0) is 37.5 Å². The molecule has 15 heteroatoms. The van der Waals surface area contributed by atoms with Gasteiger partial charge >= 0.3 is 12.1 Å². The van der Waals surface area contributed by atoms with Gasteiger partial charge < -0.3 is 19.7 Å². The number of nitrogens with zero attached hydrogens (tertiary/aromatic N) is 3. The number of alkyl carbamates (subject to hydrolysis) is 1. The van der Waals surface area contributed by atoms with E-state index in [0.717, 1.165) is 11.1 Å². The molecule has 3 amide bonds. The van der Waals surface area contributed by atoms with E-state index in [1.807, 2.05) is 60.7 Å². The molecule has 2 aliphatic heterocycles. The third-order valence-electron chi connectivity index (χ3n) is 9.56. The lowest BCUT2D eigenvalue weighted by Gasteiger charge is -2.36. The van der Waals surface area contributed by atoms with E-state index in [-0.39, 0.29) is 37.2 Å². The summed E-state index contributed by atoms with van der Waals surface area (Å²) < 4.78 is 36.3. The van der Waals surface area contributed by atoms with E-state index >= 15 is 0 Å². The van der Waals surface area contributed by atoms with Crippen molar-refractivity contribution >= 4 is 45.4 Å². The number of piperazine rings is 1. The molecule has 0 saturated carbocycles.